The van der Waals surface area contributed by atoms with Gasteiger partial charge >= 0.3 is 5.69 Å². The third-order valence-electron chi connectivity index (χ3n) is 3.85. The second kappa shape index (κ2) is 10.2. The van der Waals surface area contributed by atoms with E-state index in [-0.39, 0.29) is 42.6 Å². The van der Waals surface area contributed by atoms with Gasteiger partial charge in [-0.15, -0.1) is 0 Å². The minimum absolute atomic E-state index is 0.101. The molecule has 29 heavy (non-hydrogen) atoms. The lowest BCUT2D eigenvalue weighted by atomic mass is 10.1. The molecule has 1 heterocycles. The van der Waals surface area contributed by atoms with E-state index in [4.69, 9.17) is 14.6 Å². The summed E-state index contributed by atoms with van der Waals surface area (Å²) in [6, 6.07) is 2.74. The number of hydrogen-bond acceptors (Lipinski definition) is 9. The predicted octanol–water partition coefficient (Wildman–Crippen LogP) is 1.76. The monoisotopic (exact) mass is 405 g/mol. The molecule has 0 saturated heterocycles. The van der Waals surface area contributed by atoms with Crippen LogP contribution in [0.4, 0.5) is 11.6 Å². The van der Waals surface area contributed by atoms with Gasteiger partial charge in [0.2, 0.25) is 11.7 Å². The van der Waals surface area contributed by atoms with Crippen LogP contribution in [0, 0.1) is 17.0 Å². The highest BCUT2D eigenvalue weighted by atomic mass is 16.6. The van der Waals surface area contributed by atoms with E-state index in [1.54, 1.807) is 20.8 Å². The molecule has 0 aliphatic heterocycles. The quantitative estimate of drug-likeness (QED) is 0.307. The van der Waals surface area contributed by atoms with Gasteiger partial charge in [-0.2, -0.15) is 5.10 Å². The van der Waals surface area contributed by atoms with Crippen LogP contribution in [0.5, 0.6) is 11.5 Å². The average molecular weight is 405 g/mol. The second-order valence-corrected chi connectivity index (χ2v) is 5.80. The van der Waals surface area contributed by atoms with Gasteiger partial charge in [0.15, 0.2) is 0 Å². The van der Waals surface area contributed by atoms with Crippen LogP contribution in [0.2, 0.25) is 0 Å². The first-order valence-electron chi connectivity index (χ1n) is 8.98. The van der Waals surface area contributed by atoms with Crippen molar-refractivity contribution in [2.24, 2.45) is 5.10 Å². The first kappa shape index (κ1) is 21.8. The fourth-order valence-corrected chi connectivity index (χ4v) is 2.59. The Morgan fingerprint density at radius 3 is 2.59 bits per heavy atom. The first-order chi connectivity index (χ1) is 13.9. The van der Waals surface area contributed by atoms with Crippen LogP contribution in [-0.4, -0.2) is 46.0 Å². The van der Waals surface area contributed by atoms with Crippen molar-refractivity contribution in [3.63, 3.8) is 0 Å². The van der Waals surface area contributed by atoms with Crippen LogP contribution in [-0.2, 0) is 6.42 Å². The van der Waals surface area contributed by atoms with Crippen LogP contribution in [0.15, 0.2) is 22.0 Å². The van der Waals surface area contributed by atoms with E-state index in [1.807, 2.05) is 0 Å². The van der Waals surface area contributed by atoms with E-state index < -0.39 is 4.92 Å². The number of benzene rings is 1. The molecule has 156 valence electrons. The highest BCUT2D eigenvalue weighted by molar-refractivity contribution is 5.86. The lowest BCUT2D eigenvalue weighted by Gasteiger charge is -2.11. The Bertz CT molecular complexity index is 956. The zero-order valence-corrected chi connectivity index (χ0v) is 16.4. The number of nitrogens with zero attached hydrogens (tertiary/aromatic N) is 3. The van der Waals surface area contributed by atoms with Crippen LogP contribution >= 0.6 is 0 Å². The number of nitro benzene ring substituents is 1. The van der Waals surface area contributed by atoms with Crippen molar-refractivity contribution in [1.82, 2.24) is 9.97 Å². The number of aliphatic hydroxyl groups excluding tert-OH is 1. The van der Waals surface area contributed by atoms with Crippen molar-refractivity contribution >= 4 is 17.9 Å². The molecule has 1 aromatic heterocycles. The summed E-state index contributed by atoms with van der Waals surface area (Å²) in [4.78, 5) is 29.5. The minimum atomic E-state index is -0.548. The van der Waals surface area contributed by atoms with Gasteiger partial charge in [-0.3, -0.25) is 19.9 Å². The molecule has 0 unspecified atom stereocenters. The zero-order chi connectivity index (χ0) is 21.4. The normalized spacial score (nSPS) is 10.9. The number of aryl methyl sites for hydroxylation is 1. The lowest BCUT2D eigenvalue weighted by Crippen LogP contribution is -2.19. The molecule has 2 aromatic rings. The molecule has 0 spiro atoms. The molecule has 0 aliphatic carbocycles. The molecule has 2 rings (SSSR count). The number of nitrogens with one attached hydrogen (secondary N) is 2. The first-order valence-corrected chi connectivity index (χ1v) is 8.98. The Balaban J connectivity index is 2.32. The number of hydrogen-bond donors (Lipinski definition) is 3. The van der Waals surface area contributed by atoms with Crippen LogP contribution in [0.3, 0.4) is 0 Å². The van der Waals surface area contributed by atoms with Gasteiger partial charge in [0.1, 0.15) is 5.75 Å². The maximum absolute atomic E-state index is 12.0. The standard InChI is InChI=1S/C18H23N5O6/c1-4-28-15-9-16(29-5-2)14(23(26)27)8-12(15)10-19-22-18-20-11(3)13(6-7-24)17(25)21-18/h8-10,24H,4-7H2,1-3H3,(H2,20,21,22,25)/b19-10-. The maximum Gasteiger partial charge on any atom is 0.311 e. The van der Waals surface area contributed by atoms with Gasteiger partial charge in [0.05, 0.1) is 30.0 Å². The topological polar surface area (TPSA) is 152 Å². The molecular weight excluding hydrogens is 382 g/mol. The van der Waals surface area contributed by atoms with Gasteiger partial charge in [0.25, 0.3) is 5.56 Å². The molecule has 11 nitrogen and oxygen atoms in total. The van der Waals surface area contributed by atoms with Crippen LogP contribution in [0.1, 0.15) is 30.7 Å². The largest absolute Gasteiger partial charge is 0.493 e. The van der Waals surface area contributed by atoms with Crippen molar-refractivity contribution in [1.29, 1.82) is 0 Å². The second-order valence-electron chi connectivity index (χ2n) is 5.80. The van der Waals surface area contributed by atoms with E-state index >= 15 is 0 Å². The number of ether oxygens (including phenoxy) is 2. The summed E-state index contributed by atoms with van der Waals surface area (Å²) >= 11 is 0. The molecule has 0 saturated carbocycles. The molecule has 0 radical (unpaired) electrons. The summed E-state index contributed by atoms with van der Waals surface area (Å²) in [5.41, 5.74) is 3.20. The highest BCUT2D eigenvalue weighted by Crippen LogP contribution is 2.34. The van der Waals surface area contributed by atoms with Crippen LogP contribution < -0.4 is 20.5 Å². The van der Waals surface area contributed by atoms with Gasteiger partial charge in [0, 0.05) is 36.3 Å². The summed E-state index contributed by atoms with van der Waals surface area (Å²) in [7, 11) is 0. The third-order valence-corrected chi connectivity index (χ3v) is 3.85. The maximum atomic E-state index is 12.0. The van der Waals surface area contributed by atoms with Gasteiger partial charge in [-0.05, 0) is 20.8 Å². The zero-order valence-electron chi connectivity index (χ0n) is 16.4. The van der Waals surface area contributed by atoms with E-state index in [1.165, 1.54) is 18.3 Å². The number of aromatic nitrogens is 2. The number of nitro groups is 1. The summed E-state index contributed by atoms with van der Waals surface area (Å²) in [6.07, 6.45) is 1.52. The number of hydrazone groups is 1. The van der Waals surface area contributed by atoms with E-state index in [0.29, 0.717) is 29.2 Å². The molecule has 0 amide bonds. The molecule has 0 fully saturated rings. The van der Waals surface area contributed by atoms with Gasteiger partial charge < -0.3 is 14.6 Å². The van der Waals surface area contributed by atoms with Crippen molar-refractivity contribution in [2.75, 3.05) is 25.2 Å². The number of aliphatic hydroxyl groups is 1. The molecule has 0 bridgehead atoms. The lowest BCUT2D eigenvalue weighted by molar-refractivity contribution is -0.385. The Morgan fingerprint density at radius 2 is 2.00 bits per heavy atom. The summed E-state index contributed by atoms with van der Waals surface area (Å²) in [5.74, 6) is 0.569. The van der Waals surface area contributed by atoms with Crippen molar-refractivity contribution in [2.45, 2.75) is 27.2 Å². The highest BCUT2D eigenvalue weighted by Gasteiger charge is 2.19. The molecule has 0 atom stereocenters. The molecular formula is C18H23N5O6. The Morgan fingerprint density at radius 1 is 1.31 bits per heavy atom. The molecule has 11 heteroatoms. The Hall–Kier alpha value is -3.47. The summed E-state index contributed by atoms with van der Waals surface area (Å²) in [5, 5.41) is 24.3. The molecule has 0 aliphatic rings. The molecule has 1 aromatic carbocycles. The van der Waals surface area contributed by atoms with E-state index in [0.717, 1.165) is 0 Å². The van der Waals surface area contributed by atoms with Gasteiger partial charge in [-0.25, -0.2) is 10.4 Å². The Kier molecular flexibility index (Phi) is 7.66. The fourth-order valence-electron chi connectivity index (χ4n) is 2.59. The van der Waals surface area contributed by atoms with E-state index in [2.05, 4.69) is 20.5 Å². The molecule has 3 N–H and O–H groups in total. The smallest absolute Gasteiger partial charge is 0.311 e. The van der Waals surface area contributed by atoms with E-state index in [9.17, 15) is 14.9 Å². The SMILES string of the molecule is CCOc1cc(OCC)c([N+](=O)[O-])cc1/C=N\Nc1nc(C)c(CCO)c(=O)[nH]1. The number of H-pyrrole nitrogens is 1. The van der Waals surface area contributed by atoms with Crippen LogP contribution in [0.25, 0.3) is 0 Å². The number of anilines is 1. The fraction of sp³-hybridized carbons (Fsp3) is 0.389. The summed E-state index contributed by atoms with van der Waals surface area (Å²) in [6.45, 7) is 5.62. The van der Waals surface area contributed by atoms with Gasteiger partial charge in [-0.1, -0.05) is 0 Å². The number of rotatable bonds is 10. The van der Waals surface area contributed by atoms with Crippen molar-refractivity contribution in [3.05, 3.63) is 49.4 Å². The number of aromatic amines is 1. The predicted molar refractivity (Wildman–Crippen MR) is 107 cm³/mol. The van der Waals surface area contributed by atoms with Crippen molar-refractivity contribution < 1.29 is 19.5 Å². The average Bonchev–Trinajstić information content (AvgIpc) is 2.66. The van der Waals surface area contributed by atoms with Crippen molar-refractivity contribution in [3.8, 4) is 11.5 Å². The summed E-state index contributed by atoms with van der Waals surface area (Å²) < 4.78 is 10.8. The Labute approximate surface area is 166 Å². The third kappa shape index (κ3) is 5.51. The minimum Gasteiger partial charge on any atom is -0.493 e.